The first-order valence-electron chi connectivity index (χ1n) is 10.4. The highest BCUT2D eigenvalue weighted by atomic mass is 79.9. The number of hydrazone groups is 1. The van der Waals surface area contributed by atoms with Gasteiger partial charge >= 0.3 is 0 Å². The van der Waals surface area contributed by atoms with Crippen LogP contribution in [0.1, 0.15) is 16.8 Å². The number of nitrogens with zero attached hydrogens (tertiary/aromatic N) is 4. The molecule has 1 N–H and O–H groups in total. The summed E-state index contributed by atoms with van der Waals surface area (Å²) in [7, 11) is 4.04. The van der Waals surface area contributed by atoms with Gasteiger partial charge in [0, 0.05) is 34.1 Å². The second-order valence-electron chi connectivity index (χ2n) is 7.76. The Morgan fingerprint density at radius 2 is 1.73 bits per heavy atom. The first kappa shape index (κ1) is 23.1. The minimum Gasteiger partial charge on any atom is -0.378 e. The maximum atomic E-state index is 4.90. The van der Waals surface area contributed by atoms with E-state index in [1.54, 1.807) is 6.21 Å². The van der Waals surface area contributed by atoms with Gasteiger partial charge in [0.25, 0.3) is 0 Å². The van der Waals surface area contributed by atoms with Gasteiger partial charge in [0.05, 0.1) is 17.4 Å². The average Bonchev–Trinajstić information content (AvgIpc) is 2.80. The number of anilines is 1. The van der Waals surface area contributed by atoms with E-state index in [0.717, 1.165) is 42.4 Å². The number of benzene rings is 3. The van der Waals surface area contributed by atoms with Crippen LogP contribution in [-0.2, 0) is 0 Å². The standard InChI is InChI=1S/C26H23Br2N5/c1-17-14-20(27)15-22(28)25(17)31-26(24-13-10-19-6-4-5-7-23(19)30-24)32-29-16-18-8-11-21(12-9-18)33(2)3/h4-16H,1-3H3,(H,31,32). The van der Waals surface area contributed by atoms with Crippen LogP contribution in [0.15, 0.2) is 91.8 Å². The summed E-state index contributed by atoms with van der Waals surface area (Å²) >= 11 is 7.17. The molecule has 0 aliphatic heterocycles. The number of hydrogen-bond acceptors (Lipinski definition) is 4. The smallest absolute Gasteiger partial charge is 0.173 e. The van der Waals surface area contributed by atoms with E-state index in [1.165, 1.54) is 0 Å². The molecule has 166 valence electrons. The zero-order valence-corrected chi connectivity index (χ0v) is 21.7. The summed E-state index contributed by atoms with van der Waals surface area (Å²) in [6.07, 6.45) is 1.78. The molecule has 0 aliphatic rings. The number of aromatic nitrogens is 1. The molecule has 4 rings (SSSR count). The molecule has 1 heterocycles. The zero-order chi connectivity index (χ0) is 23.4. The molecule has 7 heteroatoms. The van der Waals surface area contributed by atoms with Crippen molar-refractivity contribution in [2.75, 3.05) is 19.0 Å². The summed E-state index contributed by atoms with van der Waals surface area (Å²) in [6, 6.07) is 24.2. The molecule has 0 saturated heterocycles. The topological polar surface area (TPSA) is 52.9 Å². The van der Waals surface area contributed by atoms with E-state index in [2.05, 4.69) is 59.4 Å². The van der Waals surface area contributed by atoms with Crippen LogP contribution >= 0.6 is 31.9 Å². The van der Waals surface area contributed by atoms with E-state index in [0.29, 0.717) is 11.5 Å². The van der Waals surface area contributed by atoms with Gasteiger partial charge in [-0.05, 0) is 70.4 Å². The number of amidine groups is 1. The minimum absolute atomic E-state index is 0.563. The fraction of sp³-hybridized carbons (Fsp3) is 0.115. The first-order chi connectivity index (χ1) is 15.9. The summed E-state index contributed by atoms with van der Waals surface area (Å²) in [4.78, 5) is 11.8. The second-order valence-corrected chi connectivity index (χ2v) is 9.53. The van der Waals surface area contributed by atoms with Crippen molar-refractivity contribution in [1.82, 2.24) is 10.4 Å². The Balaban J connectivity index is 1.71. The van der Waals surface area contributed by atoms with Gasteiger partial charge in [-0.2, -0.15) is 5.10 Å². The number of aryl methyl sites for hydroxylation is 1. The predicted molar refractivity (Wildman–Crippen MR) is 146 cm³/mol. The van der Waals surface area contributed by atoms with E-state index < -0.39 is 0 Å². The molecule has 0 unspecified atom stereocenters. The Hall–Kier alpha value is -3.03. The summed E-state index contributed by atoms with van der Waals surface area (Å²) in [5.74, 6) is 0.563. The van der Waals surface area contributed by atoms with Crippen molar-refractivity contribution in [1.29, 1.82) is 0 Å². The van der Waals surface area contributed by atoms with Gasteiger partial charge in [-0.25, -0.2) is 9.98 Å². The molecule has 33 heavy (non-hydrogen) atoms. The van der Waals surface area contributed by atoms with Gasteiger partial charge in [-0.15, -0.1) is 0 Å². The fourth-order valence-corrected chi connectivity index (χ4v) is 4.84. The Labute approximate surface area is 210 Å². The molecule has 3 aromatic carbocycles. The SMILES string of the molecule is Cc1cc(Br)cc(Br)c1N=C(NN=Cc1ccc(N(C)C)cc1)c1ccc2ccccc2n1. The summed E-state index contributed by atoms with van der Waals surface area (Å²) < 4.78 is 1.88. The zero-order valence-electron chi connectivity index (χ0n) is 18.6. The van der Waals surface area contributed by atoms with Gasteiger partial charge < -0.3 is 4.90 Å². The number of nitrogens with one attached hydrogen (secondary N) is 1. The third-order valence-corrected chi connectivity index (χ3v) is 6.14. The Morgan fingerprint density at radius 3 is 2.45 bits per heavy atom. The third-order valence-electron chi connectivity index (χ3n) is 5.08. The lowest BCUT2D eigenvalue weighted by atomic mass is 10.2. The molecule has 0 spiro atoms. The van der Waals surface area contributed by atoms with Crippen molar-refractivity contribution in [3.8, 4) is 0 Å². The molecular weight excluding hydrogens is 542 g/mol. The minimum atomic E-state index is 0.563. The average molecular weight is 565 g/mol. The van der Waals surface area contributed by atoms with Crippen molar-refractivity contribution >= 4 is 66.2 Å². The van der Waals surface area contributed by atoms with Crippen molar-refractivity contribution in [3.05, 3.63) is 98.6 Å². The monoisotopic (exact) mass is 563 g/mol. The molecule has 4 aromatic rings. The molecular formula is C26H23Br2N5. The van der Waals surface area contributed by atoms with Crippen LogP contribution < -0.4 is 10.3 Å². The molecule has 1 aromatic heterocycles. The highest BCUT2D eigenvalue weighted by Gasteiger charge is 2.10. The van der Waals surface area contributed by atoms with Crippen LogP contribution in [0.3, 0.4) is 0 Å². The molecule has 0 radical (unpaired) electrons. The molecule has 0 saturated carbocycles. The van der Waals surface area contributed by atoms with Crippen molar-refractivity contribution in [2.45, 2.75) is 6.92 Å². The molecule has 0 aliphatic carbocycles. The lowest BCUT2D eigenvalue weighted by Crippen LogP contribution is -2.20. The van der Waals surface area contributed by atoms with Gasteiger partial charge in [0.1, 0.15) is 5.69 Å². The van der Waals surface area contributed by atoms with Crippen LogP contribution in [0.5, 0.6) is 0 Å². The third kappa shape index (κ3) is 5.67. The van der Waals surface area contributed by atoms with E-state index in [-0.39, 0.29) is 0 Å². The van der Waals surface area contributed by atoms with Gasteiger partial charge in [0.2, 0.25) is 0 Å². The van der Waals surface area contributed by atoms with Crippen LogP contribution in [0.2, 0.25) is 0 Å². The number of aliphatic imine (C=N–C) groups is 1. The molecule has 0 amide bonds. The second kappa shape index (κ2) is 10.3. The number of pyridine rings is 1. The predicted octanol–water partition coefficient (Wildman–Crippen LogP) is 6.84. The first-order valence-corrected chi connectivity index (χ1v) is 12.0. The summed E-state index contributed by atoms with van der Waals surface area (Å²) in [6.45, 7) is 2.02. The molecule has 5 nitrogen and oxygen atoms in total. The van der Waals surface area contributed by atoms with Crippen LogP contribution in [0, 0.1) is 6.92 Å². The molecule has 0 fully saturated rings. The van der Waals surface area contributed by atoms with Crippen molar-refractivity contribution < 1.29 is 0 Å². The Bertz CT molecular complexity index is 1320. The highest BCUT2D eigenvalue weighted by molar-refractivity contribution is 9.11. The number of halogens is 2. The van der Waals surface area contributed by atoms with Crippen molar-refractivity contribution in [3.63, 3.8) is 0 Å². The fourth-order valence-electron chi connectivity index (χ4n) is 3.31. The van der Waals surface area contributed by atoms with Crippen LogP contribution in [-0.4, -0.2) is 31.1 Å². The van der Waals surface area contributed by atoms with Gasteiger partial charge in [-0.3, -0.25) is 5.43 Å². The van der Waals surface area contributed by atoms with Gasteiger partial charge in [-0.1, -0.05) is 52.3 Å². The van der Waals surface area contributed by atoms with Gasteiger partial charge in [0.15, 0.2) is 5.84 Å². The quantitative estimate of drug-likeness (QED) is 0.164. The van der Waals surface area contributed by atoms with E-state index >= 15 is 0 Å². The number of hydrogen-bond donors (Lipinski definition) is 1. The highest BCUT2D eigenvalue weighted by Crippen LogP contribution is 2.33. The van der Waals surface area contributed by atoms with Crippen molar-refractivity contribution in [2.24, 2.45) is 10.1 Å². The normalized spacial score (nSPS) is 11.8. The number of para-hydroxylation sites is 1. The van der Waals surface area contributed by atoms with E-state index in [4.69, 9.17) is 9.98 Å². The Kier molecular flexibility index (Phi) is 7.20. The largest absolute Gasteiger partial charge is 0.378 e. The lowest BCUT2D eigenvalue weighted by Gasteiger charge is -2.12. The number of rotatable bonds is 5. The maximum absolute atomic E-state index is 4.90. The Morgan fingerprint density at radius 1 is 0.970 bits per heavy atom. The van der Waals surface area contributed by atoms with Crippen LogP contribution in [0.4, 0.5) is 11.4 Å². The summed E-state index contributed by atoms with van der Waals surface area (Å²) in [5.41, 5.74) is 8.70. The molecule has 0 atom stereocenters. The lowest BCUT2D eigenvalue weighted by molar-refractivity contribution is 1.02. The maximum Gasteiger partial charge on any atom is 0.173 e. The van der Waals surface area contributed by atoms with E-state index in [9.17, 15) is 0 Å². The summed E-state index contributed by atoms with van der Waals surface area (Å²) in [5, 5.41) is 5.54. The van der Waals surface area contributed by atoms with E-state index in [1.807, 2.05) is 81.7 Å². The molecule has 0 bridgehead atoms. The van der Waals surface area contributed by atoms with Crippen LogP contribution in [0.25, 0.3) is 10.9 Å². The number of fused-ring (bicyclic) bond motifs is 1.